The zero-order valence-corrected chi connectivity index (χ0v) is 9.61. The number of rotatable bonds is 5. The third-order valence-corrected chi connectivity index (χ3v) is 4.59. The fourth-order valence-electron chi connectivity index (χ4n) is 1.26. The quantitative estimate of drug-likeness (QED) is 0.667. The van der Waals surface area contributed by atoms with Crippen LogP contribution in [0.25, 0.3) is 0 Å². The molecule has 0 N–H and O–H groups in total. The zero-order chi connectivity index (χ0) is 10.1. The predicted octanol–water partition coefficient (Wildman–Crippen LogP) is 1.63. The van der Waals surface area contributed by atoms with E-state index in [2.05, 4.69) is 0 Å². The van der Waals surface area contributed by atoms with Crippen LogP contribution in [0.15, 0.2) is 0 Å². The van der Waals surface area contributed by atoms with Crippen molar-refractivity contribution >= 4 is 21.6 Å². The van der Waals surface area contributed by atoms with Crippen LogP contribution in [0, 0.1) is 5.92 Å². The van der Waals surface area contributed by atoms with Crippen molar-refractivity contribution < 1.29 is 8.42 Å². The Morgan fingerprint density at radius 3 is 2.31 bits per heavy atom. The molecule has 0 saturated heterocycles. The van der Waals surface area contributed by atoms with E-state index < -0.39 is 10.0 Å². The summed E-state index contributed by atoms with van der Waals surface area (Å²) in [5.74, 6) is 0.570. The van der Waals surface area contributed by atoms with Gasteiger partial charge >= 0.3 is 0 Å². The summed E-state index contributed by atoms with van der Waals surface area (Å²) in [5.41, 5.74) is 0. The third kappa shape index (κ3) is 3.11. The lowest BCUT2D eigenvalue weighted by atomic mass is 10.3. The second-order valence-corrected chi connectivity index (χ2v) is 6.33. The topological polar surface area (TPSA) is 37.4 Å². The maximum Gasteiger partial charge on any atom is 0.228 e. The van der Waals surface area contributed by atoms with Gasteiger partial charge in [0.05, 0.1) is 0 Å². The van der Waals surface area contributed by atoms with Crippen LogP contribution in [0.3, 0.4) is 0 Å². The molecule has 1 fully saturated rings. The minimum absolute atomic E-state index is 0.0179. The molecule has 0 bridgehead atoms. The van der Waals surface area contributed by atoms with Gasteiger partial charge in [0.15, 0.2) is 0 Å². The average Bonchev–Trinajstić information content (AvgIpc) is 2.82. The number of hydrogen-bond acceptors (Lipinski definition) is 2. The molecule has 1 aliphatic carbocycles. The molecule has 0 aromatic carbocycles. The molecule has 0 unspecified atom stereocenters. The molecule has 0 spiro atoms. The van der Waals surface area contributed by atoms with Crippen LogP contribution < -0.4 is 0 Å². The van der Waals surface area contributed by atoms with Crippen LogP contribution in [0.5, 0.6) is 0 Å². The summed E-state index contributed by atoms with van der Waals surface area (Å²) in [6, 6.07) is 0.0179. The van der Waals surface area contributed by atoms with E-state index in [1.807, 2.05) is 13.8 Å². The molecule has 0 amide bonds. The van der Waals surface area contributed by atoms with Crippen molar-refractivity contribution in [3.63, 3.8) is 0 Å². The number of hydrogen-bond donors (Lipinski definition) is 0. The highest BCUT2D eigenvalue weighted by Crippen LogP contribution is 2.31. The smallest absolute Gasteiger partial charge is 0.211 e. The van der Waals surface area contributed by atoms with E-state index >= 15 is 0 Å². The van der Waals surface area contributed by atoms with Crippen molar-refractivity contribution in [1.82, 2.24) is 4.31 Å². The summed E-state index contributed by atoms with van der Waals surface area (Å²) in [4.78, 5) is 0. The molecule has 3 nitrogen and oxygen atoms in total. The van der Waals surface area contributed by atoms with E-state index in [9.17, 15) is 8.42 Å². The Bertz CT molecular complexity index is 259. The van der Waals surface area contributed by atoms with E-state index in [4.69, 9.17) is 11.6 Å². The first kappa shape index (κ1) is 11.3. The summed E-state index contributed by atoms with van der Waals surface area (Å²) >= 11 is 5.41. The van der Waals surface area contributed by atoms with Gasteiger partial charge in [0.2, 0.25) is 10.0 Å². The van der Waals surface area contributed by atoms with Crippen LogP contribution in [-0.4, -0.2) is 30.5 Å². The standard InChI is InChI=1S/C8H16ClNO2S/c1-7(2)10(5-8-3-4-8)13(11,12)6-9/h7-8H,3-6H2,1-2H3. The van der Waals surface area contributed by atoms with Gasteiger partial charge in [-0.25, -0.2) is 8.42 Å². The Morgan fingerprint density at radius 1 is 1.46 bits per heavy atom. The van der Waals surface area contributed by atoms with Gasteiger partial charge in [0.25, 0.3) is 0 Å². The maximum atomic E-state index is 11.5. The van der Waals surface area contributed by atoms with Crippen LogP contribution in [0.4, 0.5) is 0 Å². The molecular formula is C8H16ClNO2S. The molecule has 0 radical (unpaired) electrons. The van der Waals surface area contributed by atoms with Crippen molar-refractivity contribution in [1.29, 1.82) is 0 Å². The molecule has 0 heterocycles. The van der Waals surface area contributed by atoms with Crippen LogP contribution in [0.1, 0.15) is 26.7 Å². The van der Waals surface area contributed by atoms with E-state index in [-0.39, 0.29) is 11.3 Å². The van der Waals surface area contributed by atoms with Gasteiger partial charge in [-0.05, 0) is 32.6 Å². The highest BCUT2D eigenvalue weighted by atomic mass is 35.5. The van der Waals surface area contributed by atoms with Crippen LogP contribution >= 0.6 is 11.6 Å². The monoisotopic (exact) mass is 225 g/mol. The number of sulfonamides is 1. The first-order valence-electron chi connectivity index (χ1n) is 4.53. The summed E-state index contributed by atoms with van der Waals surface area (Å²) in [6.45, 7) is 4.41. The van der Waals surface area contributed by atoms with Gasteiger partial charge in [-0.3, -0.25) is 0 Å². The largest absolute Gasteiger partial charge is 0.228 e. The van der Waals surface area contributed by atoms with Crippen LogP contribution in [0.2, 0.25) is 0 Å². The van der Waals surface area contributed by atoms with Gasteiger partial charge in [0.1, 0.15) is 5.21 Å². The molecule has 0 aromatic heterocycles. The van der Waals surface area contributed by atoms with Crippen molar-refractivity contribution in [2.75, 3.05) is 11.8 Å². The molecule has 1 aliphatic rings. The van der Waals surface area contributed by atoms with Gasteiger partial charge < -0.3 is 0 Å². The van der Waals surface area contributed by atoms with Crippen molar-refractivity contribution in [2.24, 2.45) is 5.92 Å². The van der Waals surface area contributed by atoms with E-state index in [0.717, 1.165) is 12.8 Å². The molecule has 78 valence electrons. The molecule has 0 aromatic rings. The molecule has 13 heavy (non-hydrogen) atoms. The SMILES string of the molecule is CC(C)N(CC1CC1)S(=O)(=O)CCl. The Morgan fingerprint density at radius 2 is 2.00 bits per heavy atom. The van der Waals surface area contributed by atoms with E-state index in [1.165, 1.54) is 4.31 Å². The molecule has 1 saturated carbocycles. The first-order chi connectivity index (χ1) is 5.97. The van der Waals surface area contributed by atoms with Gasteiger partial charge in [-0.15, -0.1) is 11.6 Å². The van der Waals surface area contributed by atoms with E-state index in [0.29, 0.717) is 12.5 Å². The number of nitrogens with zero attached hydrogens (tertiary/aromatic N) is 1. The fourth-order valence-corrected chi connectivity index (χ4v) is 2.84. The molecule has 0 aliphatic heterocycles. The Hall–Kier alpha value is 0.200. The Labute approximate surface area is 85.1 Å². The second kappa shape index (κ2) is 4.15. The lowest BCUT2D eigenvalue weighted by Gasteiger charge is -2.24. The highest BCUT2D eigenvalue weighted by Gasteiger charge is 2.31. The van der Waals surface area contributed by atoms with Gasteiger partial charge in [0, 0.05) is 12.6 Å². The highest BCUT2D eigenvalue weighted by molar-refractivity contribution is 7.90. The molecule has 0 atom stereocenters. The second-order valence-electron chi connectivity index (χ2n) is 3.83. The minimum atomic E-state index is -3.22. The summed E-state index contributed by atoms with van der Waals surface area (Å²) in [6.07, 6.45) is 2.31. The lowest BCUT2D eigenvalue weighted by Crippen LogP contribution is -2.38. The average molecular weight is 226 g/mol. The molecule has 5 heteroatoms. The van der Waals surface area contributed by atoms with E-state index in [1.54, 1.807) is 0 Å². The Balaban J connectivity index is 2.65. The number of alkyl halides is 1. The zero-order valence-electron chi connectivity index (χ0n) is 8.03. The Kier molecular flexibility index (Phi) is 3.60. The molecule has 1 rings (SSSR count). The minimum Gasteiger partial charge on any atom is -0.211 e. The maximum absolute atomic E-state index is 11.5. The van der Waals surface area contributed by atoms with Crippen LogP contribution in [-0.2, 0) is 10.0 Å². The first-order valence-corrected chi connectivity index (χ1v) is 6.67. The van der Waals surface area contributed by atoms with Crippen molar-refractivity contribution in [2.45, 2.75) is 32.7 Å². The predicted molar refractivity (Wildman–Crippen MR) is 54.2 cm³/mol. The van der Waals surface area contributed by atoms with Crippen molar-refractivity contribution in [3.05, 3.63) is 0 Å². The van der Waals surface area contributed by atoms with Gasteiger partial charge in [-0.2, -0.15) is 4.31 Å². The third-order valence-electron chi connectivity index (χ3n) is 2.21. The summed E-state index contributed by atoms with van der Waals surface area (Å²) in [5, 5.41) is -0.308. The normalized spacial score (nSPS) is 18.5. The molecular weight excluding hydrogens is 210 g/mol. The fraction of sp³-hybridized carbons (Fsp3) is 1.00. The van der Waals surface area contributed by atoms with Crippen molar-refractivity contribution in [3.8, 4) is 0 Å². The summed E-state index contributed by atoms with van der Waals surface area (Å²) < 4.78 is 24.5. The van der Waals surface area contributed by atoms with Gasteiger partial charge in [-0.1, -0.05) is 0 Å². The lowest BCUT2D eigenvalue weighted by molar-refractivity contribution is 0.344. The number of halogens is 1. The summed E-state index contributed by atoms with van der Waals surface area (Å²) in [7, 11) is -3.22.